The third-order valence-corrected chi connectivity index (χ3v) is 7.76. The summed E-state index contributed by atoms with van der Waals surface area (Å²) >= 11 is 0. The molecular weight excluding hydrogens is 316 g/mol. The highest BCUT2D eigenvalue weighted by Crippen LogP contribution is 2.67. The van der Waals surface area contributed by atoms with Crippen LogP contribution < -0.4 is 0 Å². The number of rotatable bonds is 2. The molecule has 3 rings (SSSR count). The van der Waals surface area contributed by atoms with E-state index < -0.39 is 11.2 Å². The van der Waals surface area contributed by atoms with E-state index in [0.29, 0.717) is 11.7 Å². The summed E-state index contributed by atoms with van der Waals surface area (Å²) in [5.74, 6) is 0.657. The van der Waals surface area contributed by atoms with E-state index in [9.17, 15) is 9.90 Å². The number of aliphatic hydroxyl groups excluding tert-OH is 1. The van der Waals surface area contributed by atoms with E-state index in [0.717, 1.165) is 31.3 Å². The first-order valence-corrected chi connectivity index (χ1v) is 9.66. The topological polar surface area (TPSA) is 55.8 Å². The van der Waals surface area contributed by atoms with Crippen LogP contribution in [0.4, 0.5) is 0 Å². The molecule has 1 saturated carbocycles. The van der Waals surface area contributed by atoms with Crippen LogP contribution in [0.25, 0.3) is 0 Å². The molecule has 0 radical (unpaired) electrons. The number of ether oxygens (including phenoxy) is 2. The van der Waals surface area contributed by atoms with Crippen LogP contribution in [0.2, 0.25) is 0 Å². The molecule has 4 heteroatoms. The van der Waals surface area contributed by atoms with Gasteiger partial charge in [0.2, 0.25) is 0 Å². The molecule has 0 aromatic rings. The summed E-state index contributed by atoms with van der Waals surface area (Å²) in [5, 5.41) is 10.8. The Kier molecular flexibility index (Phi) is 4.30. The summed E-state index contributed by atoms with van der Waals surface area (Å²) in [6.07, 6.45) is 6.18. The number of fused-ring (bicyclic) bond motifs is 2. The van der Waals surface area contributed by atoms with Crippen LogP contribution in [0.15, 0.2) is 11.3 Å². The Balaban J connectivity index is 2.04. The molecule has 0 aromatic heterocycles. The second kappa shape index (κ2) is 5.73. The highest BCUT2D eigenvalue weighted by Gasteiger charge is 2.66. The molecule has 1 aliphatic heterocycles. The minimum absolute atomic E-state index is 0.0149. The first-order valence-electron chi connectivity index (χ1n) is 9.66. The van der Waals surface area contributed by atoms with Crippen molar-refractivity contribution >= 4 is 5.97 Å². The summed E-state index contributed by atoms with van der Waals surface area (Å²) in [6, 6.07) is 0. The van der Waals surface area contributed by atoms with E-state index in [2.05, 4.69) is 20.8 Å². The summed E-state index contributed by atoms with van der Waals surface area (Å²) in [4.78, 5) is 11.9. The van der Waals surface area contributed by atoms with Gasteiger partial charge in [0.25, 0.3) is 0 Å². The Bertz CT molecular complexity index is 607. The van der Waals surface area contributed by atoms with Crippen molar-refractivity contribution in [2.24, 2.45) is 16.7 Å². The minimum Gasteiger partial charge on any atom is -0.512 e. The average Bonchev–Trinajstić information content (AvgIpc) is 2.87. The molecule has 1 spiro atoms. The summed E-state index contributed by atoms with van der Waals surface area (Å²) < 4.78 is 11.7. The van der Waals surface area contributed by atoms with Crippen molar-refractivity contribution in [1.29, 1.82) is 0 Å². The van der Waals surface area contributed by atoms with Crippen molar-refractivity contribution in [1.82, 2.24) is 0 Å². The zero-order chi connectivity index (χ0) is 18.7. The Morgan fingerprint density at radius 1 is 1.20 bits per heavy atom. The minimum atomic E-state index is -0.527. The predicted molar refractivity (Wildman–Crippen MR) is 97.3 cm³/mol. The van der Waals surface area contributed by atoms with Gasteiger partial charge < -0.3 is 14.6 Å². The quantitative estimate of drug-likeness (QED) is 0.718. The molecule has 142 valence electrons. The third kappa shape index (κ3) is 2.63. The average molecular weight is 350 g/mol. The number of esters is 1. The van der Waals surface area contributed by atoms with Crippen LogP contribution >= 0.6 is 0 Å². The second-order valence-corrected chi connectivity index (χ2v) is 9.72. The standard InChI is InChI=1S/C21H34O4/c1-14-15(22)12-16-18(2,3)8-7-9-20(16,5)21(14)11-10-19(4,25-21)13-17(23)24-6/h16,22H,7-13H2,1-6H3/t16-,19+,20+,21-/m1/s1. The maximum Gasteiger partial charge on any atom is 0.308 e. The fourth-order valence-corrected chi connectivity index (χ4v) is 6.25. The van der Waals surface area contributed by atoms with E-state index in [1.165, 1.54) is 20.0 Å². The van der Waals surface area contributed by atoms with Crippen LogP contribution in [0.5, 0.6) is 0 Å². The maximum atomic E-state index is 11.9. The Hall–Kier alpha value is -1.03. The summed E-state index contributed by atoms with van der Waals surface area (Å²) in [5.41, 5.74) is 0.150. The van der Waals surface area contributed by atoms with Gasteiger partial charge in [0.05, 0.1) is 30.5 Å². The zero-order valence-electron chi connectivity index (χ0n) is 16.7. The lowest BCUT2D eigenvalue weighted by Crippen LogP contribution is -2.60. The van der Waals surface area contributed by atoms with Gasteiger partial charge >= 0.3 is 5.97 Å². The molecular formula is C21H34O4. The van der Waals surface area contributed by atoms with Crippen molar-refractivity contribution in [2.75, 3.05) is 7.11 Å². The number of hydrogen-bond acceptors (Lipinski definition) is 4. The fraction of sp³-hybridized carbons (Fsp3) is 0.857. The van der Waals surface area contributed by atoms with Gasteiger partial charge in [0, 0.05) is 11.8 Å². The van der Waals surface area contributed by atoms with Gasteiger partial charge in [-0.05, 0) is 56.4 Å². The maximum absolute atomic E-state index is 11.9. The normalized spacial score (nSPS) is 43.2. The molecule has 0 aromatic carbocycles. The predicted octanol–water partition coefficient (Wildman–Crippen LogP) is 4.93. The molecule has 0 unspecified atom stereocenters. The van der Waals surface area contributed by atoms with E-state index in [4.69, 9.17) is 9.47 Å². The van der Waals surface area contributed by atoms with Gasteiger partial charge in [-0.1, -0.05) is 27.2 Å². The number of hydrogen-bond donors (Lipinski definition) is 1. The highest BCUT2D eigenvalue weighted by atomic mass is 16.5. The van der Waals surface area contributed by atoms with E-state index >= 15 is 0 Å². The molecule has 1 heterocycles. The van der Waals surface area contributed by atoms with Crippen LogP contribution in [-0.2, 0) is 14.3 Å². The molecule has 2 fully saturated rings. The first kappa shape index (κ1) is 18.8. The monoisotopic (exact) mass is 350 g/mol. The van der Waals surface area contributed by atoms with Crippen LogP contribution in [-0.4, -0.2) is 29.4 Å². The van der Waals surface area contributed by atoms with Gasteiger partial charge in [-0.25, -0.2) is 0 Å². The number of carbonyl (C=O) groups is 1. The molecule has 0 amide bonds. The molecule has 1 saturated heterocycles. The molecule has 3 aliphatic rings. The molecule has 4 atom stereocenters. The van der Waals surface area contributed by atoms with E-state index in [1.807, 2.05) is 13.8 Å². The van der Waals surface area contributed by atoms with Gasteiger partial charge in [0.1, 0.15) is 0 Å². The van der Waals surface area contributed by atoms with Crippen LogP contribution in [0.3, 0.4) is 0 Å². The van der Waals surface area contributed by atoms with Crippen LogP contribution in [0.1, 0.15) is 79.6 Å². The van der Waals surface area contributed by atoms with Crippen molar-refractivity contribution < 1.29 is 19.4 Å². The SMILES string of the molecule is COC(=O)C[C@]1(C)CC[C@@]2(O1)C(C)=C(O)C[C@@H]1C(C)(C)CCC[C@@]12C. The molecule has 25 heavy (non-hydrogen) atoms. The van der Waals surface area contributed by atoms with Gasteiger partial charge in [-0.15, -0.1) is 0 Å². The van der Waals surface area contributed by atoms with Gasteiger partial charge in [-0.2, -0.15) is 0 Å². The molecule has 2 aliphatic carbocycles. The number of allylic oxidation sites excluding steroid dienone is 1. The highest BCUT2D eigenvalue weighted by molar-refractivity contribution is 5.70. The number of aliphatic hydroxyl groups is 1. The largest absolute Gasteiger partial charge is 0.512 e. The van der Waals surface area contributed by atoms with Crippen molar-refractivity contribution in [3.05, 3.63) is 11.3 Å². The zero-order valence-corrected chi connectivity index (χ0v) is 16.7. The second-order valence-electron chi connectivity index (χ2n) is 9.72. The van der Waals surface area contributed by atoms with Gasteiger partial charge in [0.15, 0.2) is 0 Å². The van der Waals surface area contributed by atoms with Crippen molar-refractivity contribution in [3.8, 4) is 0 Å². The molecule has 1 N–H and O–H groups in total. The lowest BCUT2D eigenvalue weighted by Gasteiger charge is -2.61. The van der Waals surface area contributed by atoms with E-state index in [1.54, 1.807) is 0 Å². The third-order valence-electron chi connectivity index (χ3n) is 7.76. The Labute approximate surface area is 152 Å². The Morgan fingerprint density at radius 2 is 1.88 bits per heavy atom. The number of methoxy groups -OCH3 is 1. The number of carbonyl (C=O) groups excluding carboxylic acids is 1. The molecule has 0 bridgehead atoms. The first-order chi connectivity index (χ1) is 11.5. The van der Waals surface area contributed by atoms with E-state index in [-0.39, 0.29) is 23.2 Å². The van der Waals surface area contributed by atoms with Crippen molar-refractivity contribution in [3.63, 3.8) is 0 Å². The fourth-order valence-electron chi connectivity index (χ4n) is 6.25. The lowest BCUT2D eigenvalue weighted by atomic mass is 9.46. The van der Waals surface area contributed by atoms with Crippen molar-refractivity contribution in [2.45, 2.75) is 90.8 Å². The summed E-state index contributed by atoms with van der Waals surface area (Å²) in [7, 11) is 1.43. The smallest absolute Gasteiger partial charge is 0.308 e. The molecule has 4 nitrogen and oxygen atoms in total. The van der Waals surface area contributed by atoms with Gasteiger partial charge in [-0.3, -0.25) is 4.79 Å². The Morgan fingerprint density at radius 3 is 2.52 bits per heavy atom. The summed E-state index contributed by atoms with van der Waals surface area (Å²) in [6.45, 7) is 11.1. The lowest BCUT2D eigenvalue weighted by molar-refractivity contribution is -0.197. The van der Waals surface area contributed by atoms with Crippen LogP contribution in [0, 0.1) is 16.7 Å².